The molecular formula is C7H12O3S. The van der Waals surface area contributed by atoms with Crippen LogP contribution in [0.25, 0.3) is 0 Å². The molecule has 1 fully saturated rings. The number of carbonyl (C=O) groups excluding carboxylic acids is 1. The van der Waals surface area contributed by atoms with Crippen LogP contribution in [0.1, 0.15) is 13.8 Å². The Morgan fingerprint density at radius 2 is 1.82 bits per heavy atom. The van der Waals surface area contributed by atoms with Gasteiger partial charge in [0.15, 0.2) is 9.84 Å². The van der Waals surface area contributed by atoms with Crippen LogP contribution in [0.5, 0.6) is 0 Å². The molecule has 0 N–H and O–H groups in total. The number of hydrogen-bond donors (Lipinski definition) is 0. The van der Waals surface area contributed by atoms with E-state index >= 15 is 0 Å². The Hall–Kier alpha value is -0.380. The maximum atomic E-state index is 10.8. The molecule has 1 heterocycles. The van der Waals surface area contributed by atoms with E-state index in [1.807, 2.05) is 13.8 Å². The standard InChI is InChI=1S/C7H12O3S/c1-6(2)7(3-8)4-11(9,10)5-7/h3,6H,4-5H2,1-2H3. The summed E-state index contributed by atoms with van der Waals surface area (Å²) < 4.78 is 21.6. The van der Waals surface area contributed by atoms with Crippen molar-refractivity contribution in [3.63, 3.8) is 0 Å². The molecule has 0 radical (unpaired) electrons. The minimum absolute atomic E-state index is 0.0428. The second-order valence-electron chi connectivity index (χ2n) is 3.54. The van der Waals surface area contributed by atoms with Gasteiger partial charge in [-0.2, -0.15) is 0 Å². The quantitative estimate of drug-likeness (QED) is 0.567. The van der Waals surface area contributed by atoms with E-state index in [4.69, 9.17) is 0 Å². The zero-order chi connectivity index (χ0) is 8.70. The average Bonchev–Trinajstić information content (AvgIpc) is 1.81. The van der Waals surface area contributed by atoms with Crippen molar-refractivity contribution in [1.82, 2.24) is 0 Å². The highest BCUT2D eigenvalue weighted by atomic mass is 32.2. The van der Waals surface area contributed by atoms with Gasteiger partial charge in [-0.25, -0.2) is 8.42 Å². The van der Waals surface area contributed by atoms with E-state index in [1.54, 1.807) is 0 Å². The van der Waals surface area contributed by atoms with Gasteiger partial charge in [-0.3, -0.25) is 0 Å². The largest absolute Gasteiger partial charge is 0.303 e. The molecule has 64 valence electrons. The van der Waals surface area contributed by atoms with Gasteiger partial charge < -0.3 is 4.79 Å². The maximum Gasteiger partial charge on any atom is 0.152 e. The lowest BCUT2D eigenvalue weighted by atomic mass is 9.81. The number of hydrogen-bond acceptors (Lipinski definition) is 3. The van der Waals surface area contributed by atoms with Crippen LogP contribution in [0.2, 0.25) is 0 Å². The lowest BCUT2D eigenvalue weighted by molar-refractivity contribution is -0.116. The van der Waals surface area contributed by atoms with Gasteiger partial charge in [0.25, 0.3) is 0 Å². The Morgan fingerprint density at radius 1 is 1.36 bits per heavy atom. The number of rotatable bonds is 2. The maximum absolute atomic E-state index is 10.8. The van der Waals surface area contributed by atoms with Gasteiger partial charge in [-0.05, 0) is 5.92 Å². The summed E-state index contributed by atoms with van der Waals surface area (Å²) in [6.45, 7) is 3.76. The summed E-state index contributed by atoms with van der Waals surface area (Å²) in [6, 6.07) is 0. The van der Waals surface area contributed by atoms with E-state index in [0.717, 1.165) is 6.29 Å². The molecule has 1 saturated heterocycles. The van der Waals surface area contributed by atoms with Crippen molar-refractivity contribution >= 4 is 16.1 Å². The molecular weight excluding hydrogens is 164 g/mol. The second kappa shape index (κ2) is 2.30. The molecule has 1 aliphatic heterocycles. The Labute approximate surface area is 66.7 Å². The molecule has 0 bridgehead atoms. The summed E-state index contributed by atoms with van der Waals surface area (Å²) in [5.74, 6) is 0.214. The van der Waals surface area contributed by atoms with Crippen LogP contribution in [-0.4, -0.2) is 26.2 Å². The van der Waals surface area contributed by atoms with Crippen LogP contribution < -0.4 is 0 Å². The molecule has 11 heavy (non-hydrogen) atoms. The minimum atomic E-state index is -2.88. The van der Waals surface area contributed by atoms with Crippen molar-refractivity contribution in [2.75, 3.05) is 11.5 Å². The zero-order valence-electron chi connectivity index (χ0n) is 6.70. The normalized spacial score (nSPS) is 26.1. The molecule has 0 spiro atoms. The second-order valence-corrected chi connectivity index (χ2v) is 5.60. The van der Waals surface area contributed by atoms with Crippen LogP contribution in [0.4, 0.5) is 0 Å². The van der Waals surface area contributed by atoms with Gasteiger partial charge in [-0.1, -0.05) is 13.8 Å². The molecule has 0 amide bonds. The molecule has 1 aliphatic rings. The number of carbonyl (C=O) groups is 1. The molecule has 0 aromatic carbocycles. The van der Waals surface area contributed by atoms with Crippen molar-refractivity contribution in [2.24, 2.45) is 11.3 Å². The van der Waals surface area contributed by atoms with Gasteiger partial charge >= 0.3 is 0 Å². The molecule has 0 unspecified atom stereocenters. The van der Waals surface area contributed by atoms with Crippen LogP contribution in [0, 0.1) is 11.3 Å². The monoisotopic (exact) mass is 176 g/mol. The minimum Gasteiger partial charge on any atom is -0.303 e. The smallest absolute Gasteiger partial charge is 0.152 e. The molecule has 4 heteroatoms. The van der Waals surface area contributed by atoms with E-state index < -0.39 is 15.3 Å². The third-order valence-corrected chi connectivity index (χ3v) is 4.32. The first-order chi connectivity index (χ1) is 4.92. The van der Waals surface area contributed by atoms with Gasteiger partial charge in [0, 0.05) is 0 Å². The fraction of sp³-hybridized carbons (Fsp3) is 0.857. The fourth-order valence-corrected chi connectivity index (χ4v) is 3.67. The molecule has 0 aromatic rings. The lowest BCUT2D eigenvalue weighted by Gasteiger charge is -2.39. The average molecular weight is 176 g/mol. The Balaban J connectivity index is 2.80. The van der Waals surface area contributed by atoms with E-state index in [-0.39, 0.29) is 17.4 Å². The van der Waals surface area contributed by atoms with Gasteiger partial charge in [0.2, 0.25) is 0 Å². The highest BCUT2D eigenvalue weighted by Crippen LogP contribution is 2.37. The zero-order valence-corrected chi connectivity index (χ0v) is 7.52. The number of aldehydes is 1. The SMILES string of the molecule is CC(C)C1(C=O)CS(=O)(=O)C1. The van der Waals surface area contributed by atoms with E-state index in [1.165, 1.54) is 0 Å². The van der Waals surface area contributed by atoms with Crippen molar-refractivity contribution in [3.05, 3.63) is 0 Å². The highest BCUT2D eigenvalue weighted by Gasteiger charge is 2.50. The molecule has 1 rings (SSSR count). The summed E-state index contributed by atoms with van der Waals surface area (Å²) in [6.07, 6.45) is 0.790. The topological polar surface area (TPSA) is 51.2 Å². The highest BCUT2D eigenvalue weighted by molar-refractivity contribution is 7.93. The molecule has 0 atom stereocenters. The first kappa shape index (κ1) is 8.71. The molecule has 0 aliphatic carbocycles. The molecule has 0 saturated carbocycles. The van der Waals surface area contributed by atoms with Crippen molar-refractivity contribution in [1.29, 1.82) is 0 Å². The predicted molar refractivity (Wildman–Crippen MR) is 42.0 cm³/mol. The van der Waals surface area contributed by atoms with Crippen LogP contribution >= 0.6 is 0 Å². The van der Waals surface area contributed by atoms with Crippen molar-refractivity contribution < 1.29 is 13.2 Å². The van der Waals surface area contributed by atoms with Crippen molar-refractivity contribution in [2.45, 2.75) is 13.8 Å². The Kier molecular flexibility index (Phi) is 1.82. The van der Waals surface area contributed by atoms with Crippen LogP contribution in [-0.2, 0) is 14.6 Å². The van der Waals surface area contributed by atoms with Gasteiger partial charge in [0.1, 0.15) is 6.29 Å². The van der Waals surface area contributed by atoms with Crippen LogP contribution in [0.15, 0.2) is 0 Å². The van der Waals surface area contributed by atoms with Gasteiger partial charge in [-0.15, -0.1) is 0 Å². The van der Waals surface area contributed by atoms with Crippen LogP contribution in [0.3, 0.4) is 0 Å². The summed E-state index contributed by atoms with van der Waals surface area (Å²) in [5, 5.41) is 0. The Bertz CT molecular complexity index is 251. The lowest BCUT2D eigenvalue weighted by Crippen LogP contribution is -2.53. The first-order valence-corrected chi connectivity index (χ1v) is 5.41. The molecule has 3 nitrogen and oxygen atoms in total. The van der Waals surface area contributed by atoms with E-state index in [0.29, 0.717) is 0 Å². The third kappa shape index (κ3) is 1.31. The number of sulfone groups is 1. The summed E-state index contributed by atoms with van der Waals surface area (Å²) in [5.41, 5.74) is -0.571. The predicted octanol–water partition coefficient (Wildman–Crippen LogP) is 0.256. The fourth-order valence-electron chi connectivity index (χ4n) is 1.31. The molecule has 0 aromatic heterocycles. The first-order valence-electron chi connectivity index (χ1n) is 3.59. The van der Waals surface area contributed by atoms with E-state index in [2.05, 4.69) is 0 Å². The summed E-state index contributed by atoms with van der Waals surface area (Å²) in [7, 11) is -2.88. The van der Waals surface area contributed by atoms with E-state index in [9.17, 15) is 13.2 Å². The summed E-state index contributed by atoms with van der Waals surface area (Å²) in [4.78, 5) is 10.6. The third-order valence-electron chi connectivity index (χ3n) is 2.36. The Morgan fingerprint density at radius 3 is 1.91 bits per heavy atom. The van der Waals surface area contributed by atoms with Crippen molar-refractivity contribution in [3.8, 4) is 0 Å². The van der Waals surface area contributed by atoms with Gasteiger partial charge in [0.05, 0.1) is 16.9 Å². The summed E-state index contributed by atoms with van der Waals surface area (Å²) >= 11 is 0.